The highest BCUT2D eigenvalue weighted by Gasteiger charge is 2.32. The number of hydrogen-bond acceptors (Lipinski definition) is 4. The molecule has 1 saturated carbocycles. The number of nitrogens with one attached hydrogen (secondary N) is 1. The second-order valence-corrected chi connectivity index (χ2v) is 8.88. The molecule has 0 amide bonds. The predicted octanol–water partition coefficient (Wildman–Crippen LogP) is 0.876. The lowest BCUT2D eigenvalue weighted by Gasteiger charge is -2.38. The van der Waals surface area contributed by atoms with Crippen molar-refractivity contribution in [3.05, 3.63) is 0 Å². The summed E-state index contributed by atoms with van der Waals surface area (Å²) in [5, 5.41) is 3.31. The molecule has 122 valence electrons. The standard InChI is InChI=1S/C15H29N3O2S/c19-21(20,13-14-4-3-7-16-12-14)18-10-8-17(9-11-18)15-5-1-2-6-15/h14-16H,1-13H2. The van der Waals surface area contributed by atoms with Crippen LogP contribution in [0.5, 0.6) is 0 Å². The Kier molecular flexibility index (Phi) is 5.19. The number of rotatable bonds is 4. The van der Waals surface area contributed by atoms with Crippen molar-refractivity contribution in [1.82, 2.24) is 14.5 Å². The molecule has 1 aliphatic carbocycles. The van der Waals surface area contributed by atoms with E-state index in [1.807, 2.05) is 0 Å². The average Bonchev–Trinajstić information content (AvgIpc) is 3.02. The van der Waals surface area contributed by atoms with Gasteiger partial charge in [-0.1, -0.05) is 12.8 Å². The minimum atomic E-state index is -3.06. The zero-order chi connectivity index (χ0) is 14.7. The zero-order valence-electron chi connectivity index (χ0n) is 13.0. The van der Waals surface area contributed by atoms with E-state index in [9.17, 15) is 8.42 Å². The van der Waals surface area contributed by atoms with E-state index < -0.39 is 10.0 Å². The van der Waals surface area contributed by atoms with Crippen LogP contribution in [0.25, 0.3) is 0 Å². The van der Waals surface area contributed by atoms with Gasteiger partial charge in [0.25, 0.3) is 0 Å². The molecule has 0 bridgehead atoms. The number of nitrogens with zero attached hydrogens (tertiary/aromatic N) is 2. The van der Waals surface area contributed by atoms with E-state index in [4.69, 9.17) is 0 Å². The molecular formula is C15H29N3O2S. The summed E-state index contributed by atoms with van der Waals surface area (Å²) in [5.74, 6) is 0.639. The Bertz CT molecular complexity index is 420. The van der Waals surface area contributed by atoms with Crippen molar-refractivity contribution >= 4 is 10.0 Å². The van der Waals surface area contributed by atoms with Gasteiger partial charge in [-0.15, -0.1) is 0 Å². The first-order chi connectivity index (χ1) is 10.1. The summed E-state index contributed by atoms with van der Waals surface area (Å²) in [7, 11) is -3.06. The van der Waals surface area contributed by atoms with Crippen LogP contribution in [0.2, 0.25) is 0 Å². The summed E-state index contributed by atoms with van der Waals surface area (Å²) in [6.45, 7) is 5.13. The molecule has 6 heteroatoms. The first kappa shape index (κ1) is 15.7. The van der Waals surface area contributed by atoms with Gasteiger partial charge in [0.1, 0.15) is 0 Å². The van der Waals surface area contributed by atoms with E-state index in [0.717, 1.165) is 45.1 Å². The average molecular weight is 315 g/mol. The maximum absolute atomic E-state index is 12.6. The molecule has 1 atom stereocenters. The Hall–Kier alpha value is -0.170. The Labute approximate surface area is 129 Å². The van der Waals surface area contributed by atoms with Crippen LogP contribution in [-0.2, 0) is 10.0 Å². The minimum Gasteiger partial charge on any atom is -0.316 e. The molecule has 0 aromatic carbocycles. The van der Waals surface area contributed by atoms with E-state index in [1.54, 1.807) is 4.31 Å². The number of hydrogen-bond donors (Lipinski definition) is 1. The van der Waals surface area contributed by atoms with Gasteiger partial charge < -0.3 is 5.32 Å². The van der Waals surface area contributed by atoms with E-state index in [-0.39, 0.29) is 0 Å². The van der Waals surface area contributed by atoms with E-state index in [2.05, 4.69) is 10.2 Å². The fraction of sp³-hybridized carbons (Fsp3) is 1.00. The highest BCUT2D eigenvalue weighted by Crippen LogP contribution is 2.25. The van der Waals surface area contributed by atoms with Crippen molar-refractivity contribution in [2.45, 2.75) is 44.6 Å². The summed E-state index contributed by atoms with van der Waals surface area (Å²) >= 11 is 0. The number of piperazine rings is 1. The van der Waals surface area contributed by atoms with Gasteiger partial charge in [-0.05, 0) is 44.7 Å². The molecule has 1 N–H and O–H groups in total. The zero-order valence-corrected chi connectivity index (χ0v) is 13.8. The Balaban J connectivity index is 1.50. The summed E-state index contributed by atoms with van der Waals surface area (Å²) in [4.78, 5) is 2.52. The molecule has 0 radical (unpaired) electrons. The third-order valence-electron chi connectivity index (χ3n) is 5.35. The molecule has 2 aliphatic heterocycles. The van der Waals surface area contributed by atoms with Gasteiger partial charge in [0, 0.05) is 32.2 Å². The van der Waals surface area contributed by atoms with Gasteiger partial charge in [-0.25, -0.2) is 8.42 Å². The number of sulfonamides is 1. The Morgan fingerprint density at radius 3 is 2.29 bits per heavy atom. The van der Waals surface area contributed by atoms with Crippen molar-refractivity contribution < 1.29 is 8.42 Å². The van der Waals surface area contributed by atoms with Crippen LogP contribution in [0.4, 0.5) is 0 Å². The van der Waals surface area contributed by atoms with Crippen LogP contribution in [0.1, 0.15) is 38.5 Å². The molecule has 3 fully saturated rings. The molecule has 21 heavy (non-hydrogen) atoms. The highest BCUT2D eigenvalue weighted by atomic mass is 32.2. The lowest BCUT2D eigenvalue weighted by Crippen LogP contribution is -2.52. The Morgan fingerprint density at radius 2 is 1.67 bits per heavy atom. The predicted molar refractivity (Wildman–Crippen MR) is 84.8 cm³/mol. The quantitative estimate of drug-likeness (QED) is 0.837. The van der Waals surface area contributed by atoms with Crippen LogP contribution in [0.3, 0.4) is 0 Å². The molecule has 5 nitrogen and oxygen atoms in total. The van der Waals surface area contributed by atoms with Crippen LogP contribution >= 0.6 is 0 Å². The second-order valence-electron chi connectivity index (χ2n) is 6.86. The van der Waals surface area contributed by atoms with Gasteiger partial charge in [0.05, 0.1) is 5.75 Å². The molecule has 0 aromatic heterocycles. The number of piperidine rings is 1. The first-order valence-corrected chi connectivity index (χ1v) is 10.2. The van der Waals surface area contributed by atoms with Crippen LogP contribution < -0.4 is 5.32 Å². The second kappa shape index (κ2) is 6.94. The molecular weight excluding hydrogens is 286 g/mol. The molecule has 3 rings (SSSR count). The van der Waals surface area contributed by atoms with Crippen LogP contribution in [0, 0.1) is 5.92 Å². The SMILES string of the molecule is O=S(=O)(CC1CCCNC1)N1CCN(C2CCCC2)CC1. The fourth-order valence-electron chi connectivity index (χ4n) is 4.09. The van der Waals surface area contributed by atoms with Gasteiger partial charge in [0.15, 0.2) is 0 Å². The van der Waals surface area contributed by atoms with Crippen LogP contribution in [0.15, 0.2) is 0 Å². The normalized spacial score (nSPS) is 30.8. The van der Waals surface area contributed by atoms with Crippen molar-refractivity contribution in [2.75, 3.05) is 45.0 Å². The summed E-state index contributed by atoms with van der Waals surface area (Å²) in [5.41, 5.74) is 0. The largest absolute Gasteiger partial charge is 0.316 e. The Morgan fingerprint density at radius 1 is 0.952 bits per heavy atom. The van der Waals surface area contributed by atoms with Gasteiger partial charge in [-0.2, -0.15) is 4.31 Å². The minimum absolute atomic E-state index is 0.302. The lowest BCUT2D eigenvalue weighted by molar-refractivity contribution is 0.138. The van der Waals surface area contributed by atoms with E-state index in [0.29, 0.717) is 24.8 Å². The molecule has 0 spiro atoms. The molecule has 0 aromatic rings. The summed E-state index contributed by atoms with van der Waals surface area (Å²) in [6, 6.07) is 0.720. The van der Waals surface area contributed by atoms with Gasteiger partial charge >= 0.3 is 0 Å². The summed E-state index contributed by atoms with van der Waals surface area (Å²) in [6.07, 6.45) is 7.46. The molecule has 2 saturated heterocycles. The lowest BCUT2D eigenvalue weighted by atomic mass is 10.0. The maximum atomic E-state index is 12.6. The smallest absolute Gasteiger partial charge is 0.214 e. The summed E-state index contributed by atoms with van der Waals surface area (Å²) < 4.78 is 26.9. The van der Waals surface area contributed by atoms with Gasteiger partial charge in [-0.3, -0.25) is 4.90 Å². The monoisotopic (exact) mass is 315 g/mol. The topological polar surface area (TPSA) is 52.7 Å². The first-order valence-electron chi connectivity index (χ1n) is 8.58. The molecule has 1 unspecified atom stereocenters. The van der Waals surface area contributed by atoms with E-state index >= 15 is 0 Å². The van der Waals surface area contributed by atoms with Crippen molar-refractivity contribution in [1.29, 1.82) is 0 Å². The van der Waals surface area contributed by atoms with Crippen LogP contribution in [-0.4, -0.2) is 68.7 Å². The fourth-order valence-corrected chi connectivity index (χ4v) is 5.90. The highest BCUT2D eigenvalue weighted by molar-refractivity contribution is 7.89. The van der Waals surface area contributed by atoms with Crippen molar-refractivity contribution in [3.8, 4) is 0 Å². The maximum Gasteiger partial charge on any atom is 0.214 e. The van der Waals surface area contributed by atoms with Crippen molar-refractivity contribution in [3.63, 3.8) is 0 Å². The molecule has 3 aliphatic rings. The van der Waals surface area contributed by atoms with Crippen molar-refractivity contribution in [2.24, 2.45) is 5.92 Å². The molecule has 2 heterocycles. The van der Waals surface area contributed by atoms with Gasteiger partial charge in [0.2, 0.25) is 10.0 Å². The third-order valence-corrected chi connectivity index (χ3v) is 7.40. The third kappa shape index (κ3) is 3.97. The van der Waals surface area contributed by atoms with E-state index in [1.165, 1.54) is 25.7 Å².